The number of amides is 2. The second-order valence-corrected chi connectivity index (χ2v) is 6.31. The molecule has 1 aliphatic heterocycles. The van der Waals surface area contributed by atoms with E-state index in [1.807, 2.05) is 60.7 Å². The zero-order valence-corrected chi connectivity index (χ0v) is 14.9. The molecular weight excluding hydrogens is 346 g/mol. The molecule has 1 heterocycles. The van der Waals surface area contributed by atoms with Crippen molar-refractivity contribution in [2.45, 2.75) is 38.5 Å². The van der Waals surface area contributed by atoms with Crippen LogP contribution in [0.4, 0.5) is 4.79 Å². The lowest BCUT2D eigenvalue weighted by Gasteiger charge is -2.31. The second kappa shape index (κ2) is 8.98. The number of carbonyl (C=O) groups is 3. The van der Waals surface area contributed by atoms with Crippen LogP contribution in [0, 0.1) is 0 Å². The quantitative estimate of drug-likeness (QED) is 0.757. The molecule has 2 amide bonds. The number of benzene rings is 2. The van der Waals surface area contributed by atoms with Crippen molar-refractivity contribution < 1.29 is 23.9 Å². The summed E-state index contributed by atoms with van der Waals surface area (Å²) < 4.78 is 10.6. The molecule has 0 saturated carbocycles. The molecule has 0 aliphatic carbocycles. The van der Waals surface area contributed by atoms with E-state index in [0.29, 0.717) is 12.8 Å². The number of imide groups is 1. The second-order valence-electron chi connectivity index (χ2n) is 6.31. The number of nitrogens with zero attached hydrogens (tertiary/aromatic N) is 1. The van der Waals surface area contributed by atoms with Gasteiger partial charge in [0.05, 0.1) is 0 Å². The summed E-state index contributed by atoms with van der Waals surface area (Å²) in [5.74, 6) is -1.01. The third-order valence-electron chi connectivity index (χ3n) is 4.35. The zero-order valence-electron chi connectivity index (χ0n) is 14.9. The van der Waals surface area contributed by atoms with Crippen LogP contribution in [0.25, 0.3) is 0 Å². The summed E-state index contributed by atoms with van der Waals surface area (Å²) in [6, 6.07) is 17.5. The first-order valence-corrected chi connectivity index (χ1v) is 8.88. The highest BCUT2D eigenvalue weighted by Gasteiger charge is 2.39. The van der Waals surface area contributed by atoms with E-state index in [9.17, 15) is 14.4 Å². The number of rotatable bonds is 5. The number of piperidine rings is 1. The first-order valence-electron chi connectivity index (χ1n) is 8.88. The first kappa shape index (κ1) is 18.6. The molecule has 1 atom stereocenters. The van der Waals surface area contributed by atoms with Crippen LogP contribution >= 0.6 is 0 Å². The van der Waals surface area contributed by atoms with E-state index in [1.165, 1.54) is 0 Å². The van der Waals surface area contributed by atoms with E-state index in [1.54, 1.807) is 0 Å². The standard InChI is InChI=1S/C21H21NO5/c23-19-13-7-12-18(20(24)26-14-16-8-3-1-4-9-16)22(19)21(25)27-15-17-10-5-2-6-11-17/h1-6,8-11,18H,7,12-15H2/t18-/m0/s1. The Balaban J connectivity index is 1.62. The molecule has 2 aromatic rings. The Morgan fingerprint density at radius 3 is 2.04 bits per heavy atom. The molecule has 0 radical (unpaired) electrons. The van der Waals surface area contributed by atoms with Gasteiger partial charge in [-0.25, -0.2) is 14.5 Å². The Labute approximate surface area is 157 Å². The van der Waals surface area contributed by atoms with E-state index in [2.05, 4.69) is 0 Å². The number of esters is 1. The normalized spacial score (nSPS) is 16.7. The predicted octanol–water partition coefficient (Wildman–Crippen LogP) is 3.45. The summed E-state index contributed by atoms with van der Waals surface area (Å²) in [5.41, 5.74) is 1.64. The van der Waals surface area contributed by atoms with Gasteiger partial charge in [0.1, 0.15) is 19.3 Å². The van der Waals surface area contributed by atoms with Gasteiger partial charge in [-0.05, 0) is 24.0 Å². The predicted molar refractivity (Wildman–Crippen MR) is 97.4 cm³/mol. The fraction of sp³-hybridized carbons (Fsp3) is 0.286. The minimum Gasteiger partial charge on any atom is -0.459 e. The van der Waals surface area contributed by atoms with Gasteiger partial charge in [-0.2, -0.15) is 0 Å². The van der Waals surface area contributed by atoms with Crippen LogP contribution in [-0.2, 0) is 32.3 Å². The largest absolute Gasteiger partial charge is 0.459 e. The number of hydrogen-bond acceptors (Lipinski definition) is 5. The molecule has 0 bridgehead atoms. The van der Waals surface area contributed by atoms with Crippen LogP contribution in [-0.4, -0.2) is 28.9 Å². The summed E-state index contributed by atoms with van der Waals surface area (Å²) in [4.78, 5) is 38.1. The molecule has 1 fully saturated rings. The SMILES string of the molecule is O=C(OCc1ccccc1)[C@@H]1CCCC(=O)N1C(=O)OCc1ccccc1. The van der Waals surface area contributed by atoms with E-state index in [-0.39, 0.29) is 19.6 Å². The third-order valence-corrected chi connectivity index (χ3v) is 4.35. The van der Waals surface area contributed by atoms with E-state index in [4.69, 9.17) is 9.47 Å². The maximum absolute atomic E-state index is 12.5. The number of likely N-dealkylation sites (tertiary alicyclic amines) is 1. The summed E-state index contributed by atoms with van der Waals surface area (Å²) in [6.45, 7) is 0.131. The molecule has 2 aromatic carbocycles. The monoisotopic (exact) mass is 367 g/mol. The van der Waals surface area contributed by atoms with E-state index >= 15 is 0 Å². The molecule has 0 spiro atoms. The molecular formula is C21H21NO5. The van der Waals surface area contributed by atoms with Gasteiger partial charge in [-0.15, -0.1) is 0 Å². The Bertz CT molecular complexity index is 791. The van der Waals surface area contributed by atoms with Gasteiger partial charge in [-0.1, -0.05) is 60.7 Å². The van der Waals surface area contributed by atoms with Gasteiger partial charge >= 0.3 is 12.1 Å². The van der Waals surface area contributed by atoms with Crippen molar-refractivity contribution in [3.8, 4) is 0 Å². The minimum absolute atomic E-state index is 0.0369. The van der Waals surface area contributed by atoms with Crippen LogP contribution in [0.2, 0.25) is 0 Å². The first-order chi connectivity index (χ1) is 13.1. The van der Waals surface area contributed by atoms with Crippen molar-refractivity contribution in [3.63, 3.8) is 0 Å². The Morgan fingerprint density at radius 2 is 1.44 bits per heavy atom. The van der Waals surface area contributed by atoms with Crippen molar-refractivity contribution in [1.82, 2.24) is 4.90 Å². The lowest BCUT2D eigenvalue weighted by Crippen LogP contribution is -2.51. The lowest BCUT2D eigenvalue weighted by atomic mass is 10.0. The van der Waals surface area contributed by atoms with E-state index in [0.717, 1.165) is 16.0 Å². The smallest absolute Gasteiger partial charge is 0.417 e. The van der Waals surface area contributed by atoms with Crippen LogP contribution in [0.3, 0.4) is 0 Å². The third kappa shape index (κ3) is 4.94. The molecule has 140 valence electrons. The van der Waals surface area contributed by atoms with Gasteiger partial charge in [0.2, 0.25) is 5.91 Å². The number of hydrogen-bond donors (Lipinski definition) is 0. The molecule has 6 nitrogen and oxygen atoms in total. The average molecular weight is 367 g/mol. The Kier molecular flexibility index (Phi) is 6.20. The van der Waals surface area contributed by atoms with Gasteiger partial charge in [-0.3, -0.25) is 4.79 Å². The minimum atomic E-state index is -0.946. The van der Waals surface area contributed by atoms with Crippen molar-refractivity contribution in [2.24, 2.45) is 0 Å². The highest BCUT2D eigenvalue weighted by Crippen LogP contribution is 2.21. The van der Waals surface area contributed by atoms with Crippen molar-refractivity contribution in [1.29, 1.82) is 0 Å². The highest BCUT2D eigenvalue weighted by atomic mass is 16.6. The highest BCUT2D eigenvalue weighted by molar-refractivity contribution is 5.97. The van der Waals surface area contributed by atoms with Crippen LogP contribution in [0.15, 0.2) is 60.7 Å². The summed E-state index contributed by atoms with van der Waals surface area (Å²) >= 11 is 0. The zero-order chi connectivity index (χ0) is 19.1. The maximum atomic E-state index is 12.5. The van der Waals surface area contributed by atoms with Gasteiger partial charge in [0.25, 0.3) is 0 Å². The van der Waals surface area contributed by atoms with Gasteiger partial charge in [0, 0.05) is 6.42 Å². The fourth-order valence-corrected chi connectivity index (χ4v) is 2.94. The summed E-state index contributed by atoms with van der Waals surface area (Å²) in [7, 11) is 0. The molecule has 1 saturated heterocycles. The molecule has 3 rings (SSSR count). The van der Waals surface area contributed by atoms with E-state index < -0.39 is 24.0 Å². The van der Waals surface area contributed by atoms with Gasteiger partial charge < -0.3 is 9.47 Å². The number of ether oxygens (including phenoxy) is 2. The molecule has 1 aliphatic rings. The Hall–Kier alpha value is -3.15. The fourth-order valence-electron chi connectivity index (χ4n) is 2.94. The molecule has 27 heavy (non-hydrogen) atoms. The van der Waals surface area contributed by atoms with Crippen molar-refractivity contribution in [3.05, 3.63) is 71.8 Å². The summed E-state index contributed by atoms with van der Waals surface area (Å²) in [5, 5.41) is 0. The summed E-state index contributed by atoms with van der Waals surface area (Å²) in [6.07, 6.45) is 0.306. The Morgan fingerprint density at radius 1 is 0.889 bits per heavy atom. The van der Waals surface area contributed by atoms with Crippen LogP contribution in [0.5, 0.6) is 0 Å². The van der Waals surface area contributed by atoms with Crippen LogP contribution in [0.1, 0.15) is 30.4 Å². The average Bonchev–Trinajstić information content (AvgIpc) is 2.71. The van der Waals surface area contributed by atoms with Crippen molar-refractivity contribution >= 4 is 18.0 Å². The van der Waals surface area contributed by atoms with Gasteiger partial charge in [0.15, 0.2) is 0 Å². The molecule has 6 heteroatoms. The topological polar surface area (TPSA) is 72.9 Å². The van der Waals surface area contributed by atoms with Crippen molar-refractivity contribution in [2.75, 3.05) is 0 Å². The lowest BCUT2D eigenvalue weighted by molar-refractivity contribution is -0.157. The molecule has 0 unspecified atom stereocenters. The number of carbonyl (C=O) groups excluding carboxylic acids is 3. The molecule has 0 aromatic heterocycles. The molecule has 0 N–H and O–H groups in total. The maximum Gasteiger partial charge on any atom is 0.417 e. The van der Waals surface area contributed by atoms with Crippen LogP contribution < -0.4 is 0 Å².